The molecule has 0 saturated heterocycles. The second-order valence-electron chi connectivity index (χ2n) is 3.31. The van der Waals surface area contributed by atoms with Crippen molar-refractivity contribution in [1.82, 2.24) is 0 Å². The molecule has 0 aliphatic carbocycles. The van der Waals surface area contributed by atoms with E-state index in [1.54, 1.807) is 25.1 Å². The molecule has 0 aromatic heterocycles. The van der Waals surface area contributed by atoms with Crippen molar-refractivity contribution in [3.8, 4) is 0 Å². The molecule has 0 spiro atoms. The van der Waals surface area contributed by atoms with Crippen LogP contribution in [0.3, 0.4) is 0 Å². The second-order valence-corrected chi connectivity index (χ2v) is 3.72. The zero-order valence-corrected chi connectivity index (χ0v) is 8.17. The first-order chi connectivity index (χ1) is 5.97. The summed E-state index contributed by atoms with van der Waals surface area (Å²) >= 11 is 5.91. The molecule has 0 heterocycles. The van der Waals surface area contributed by atoms with Gasteiger partial charge in [0.05, 0.1) is 12.1 Å². The first-order valence-electron chi connectivity index (χ1n) is 3.92. The number of nitrogens with two attached hydrogens (primary N) is 2. The Kier molecular flexibility index (Phi) is 2.81. The molecule has 1 aromatic rings. The largest absolute Gasteiger partial charge is 0.399 e. The number of hydrogen-bond acceptors (Lipinski definition) is 3. The van der Waals surface area contributed by atoms with Crippen molar-refractivity contribution in [3.05, 3.63) is 28.8 Å². The monoisotopic (exact) mass is 200 g/mol. The average Bonchev–Trinajstić information content (AvgIpc) is 2.09. The fraction of sp³-hybridized carbons (Fsp3) is 0.333. The summed E-state index contributed by atoms with van der Waals surface area (Å²) in [5.74, 6) is 0. The zero-order chi connectivity index (χ0) is 10.1. The van der Waals surface area contributed by atoms with E-state index in [-0.39, 0.29) is 6.61 Å². The number of nitrogen functional groups attached to an aromatic ring is 1. The predicted octanol–water partition coefficient (Wildman–Crippen LogP) is 1.09. The van der Waals surface area contributed by atoms with Crippen molar-refractivity contribution in [2.45, 2.75) is 12.5 Å². The van der Waals surface area contributed by atoms with E-state index in [1.807, 2.05) is 0 Å². The van der Waals surface area contributed by atoms with Crippen molar-refractivity contribution < 1.29 is 5.11 Å². The Morgan fingerprint density at radius 2 is 2.15 bits per heavy atom. The third kappa shape index (κ3) is 2.12. The Balaban J connectivity index is 3.20. The molecule has 72 valence electrons. The number of aliphatic hydroxyl groups is 1. The molecule has 0 fully saturated rings. The smallest absolute Gasteiger partial charge is 0.0651 e. The predicted molar refractivity (Wildman–Crippen MR) is 54.5 cm³/mol. The van der Waals surface area contributed by atoms with E-state index >= 15 is 0 Å². The molecule has 1 aromatic carbocycles. The number of halogens is 1. The summed E-state index contributed by atoms with van der Waals surface area (Å²) in [4.78, 5) is 0. The molecule has 1 atom stereocenters. The van der Waals surface area contributed by atoms with Crippen LogP contribution in [-0.2, 0) is 5.54 Å². The van der Waals surface area contributed by atoms with Gasteiger partial charge < -0.3 is 16.6 Å². The minimum Gasteiger partial charge on any atom is -0.399 e. The maximum atomic E-state index is 9.04. The van der Waals surface area contributed by atoms with Gasteiger partial charge in [-0.05, 0) is 30.7 Å². The van der Waals surface area contributed by atoms with Gasteiger partial charge in [-0.1, -0.05) is 11.6 Å². The van der Waals surface area contributed by atoms with Gasteiger partial charge in [0.1, 0.15) is 0 Å². The number of hydrogen-bond donors (Lipinski definition) is 3. The molecule has 0 unspecified atom stereocenters. The van der Waals surface area contributed by atoms with Gasteiger partial charge in [-0.25, -0.2) is 0 Å². The Bertz CT molecular complexity index is 312. The summed E-state index contributed by atoms with van der Waals surface area (Å²) < 4.78 is 0. The molecule has 1 rings (SSSR count). The van der Waals surface area contributed by atoms with Crippen LogP contribution in [0.5, 0.6) is 0 Å². The third-order valence-corrected chi connectivity index (χ3v) is 2.26. The Morgan fingerprint density at radius 3 is 2.69 bits per heavy atom. The summed E-state index contributed by atoms with van der Waals surface area (Å²) in [6, 6.07) is 5.05. The fourth-order valence-corrected chi connectivity index (χ4v) is 1.40. The first-order valence-corrected chi connectivity index (χ1v) is 4.30. The minimum absolute atomic E-state index is 0.170. The highest BCUT2D eigenvalue weighted by Gasteiger charge is 2.22. The molecule has 13 heavy (non-hydrogen) atoms. The van der Waals surface area contributed by atoms with E-state index in [0.717, 1.165) is 0 Å². The molecule has 0 bridgehead atoms. The van der Waals surface area contributed by atoms with Crippen LogP contribution < -0.4 is 11.5 Å². The summed E-state index contributed by atoms with van der Waals surface area (Å²) in [6.07, 6.45) is 0. The van der Waals surface area contributed by atoms with Crippen molar-refractivity contribution in [3.63, 3.8) is 0 Å². The Labute approximate surface area is 82.3 Å². The lowest BCUT2D eigenvalue weighted by Crippen LogP contribution is -2.37. The zero-order valence-electron chi connectivity index (χ0n) is 7.42. The van der Waals surface area contributed by atoms with Gasteiger partial charge in [-0.2, -0.15) is 0 Å². The normalized spacial score (nSPS) is 15.4. The molecule has 0 aliphatic heterocycles. The highest BCUT2D eigenvalue weighted by Crippen LogP contribution is 2.27. The second kappa shape index (κ2) is 3.54. The first kappa shape index (κ1) is 10.3. The molecule has 0 radical (unpaired) electrons. The summed E-state index contributed by atoms with van der Waals surface area (Å²) in [7, 11) is 0. The van der Waals surface area contributed by atoms with Crippen molar-refractivity contribution in [1.29, 1.82) is 0 Å². The van der Waals surface area contributed by atoms with E-state index in [1.165, 1.54) is 0 Å². The molecular weight excluding hydrogens is 188 g/mol. The van der Waals surface area contributed by atoms with Crippen LogP contribution in [0.4, 0.5) is 5.69 Å². The van der Waals surface area contributed by atoms with Crippen molar-refractivity contribution >= 4 is 17.3 Å². The number of anilines is 1. The van der Waals surface area contributed by atoms with Gasteiger partial charge in [0.2, 0.25) is 0 Å². The topological polar surface area (TPSA) is 72.3 Å². The molecule has 3 nitrogen and oxygen atoms in total. The molecule has 0 amide bonds. The number of aliphatic hydroxyl groups excluding tert-OH is 1. The van der Waals surface area contributed by atoms with Crippen LogP contribution in [0.15, 0.2) is 18.2 Å². The Morgan fingerprint density at radius 1 is 1.54 bits per heavy atom. The van der Waals surface area contributed by atoms with Crippen LogP contribution in [0, 0.1) is 0 Å². The maximum Gasteiger partial charge on any atom is 0.0651 e. The highest BCUT2D eigenvalue weighted by molar-refractivity contribution is 6.31. The van der Waals surface area contributed by atoms with E-state index in [0.29, 0.717) is 16.3 Å². The lowest BCUT2D eigenvalue weighted by Gasteiger charge is -2.23. The van der Waals surface area contributed by atoms with Gasteiger partial charge in [0.15, 0.2) is 0 Å². The lowest BCUT2D eigenvalue weighted by atomic mass is 9.94. The van der Waals surface area contributed by atoms with Crippen LogP contribution in [-0.4, -0.2) is 11.7 Å². The molecule has 5 N–H and O–H groups in total. The van der Waals surface area contributed by atoms with E-state index in [2.05, 4.69) is 0 Å². The van der Waals surface area contributed by atoms with E-state index in [9.17, 15) is 0 Å². The summed E-state index contributed by atoms with van der Waals surface area (Å²) in [5.41, 5.74) is 11.8. The third-order valence-electron chi connectivity index (χ3n) is 1.93. The summed E-state index contributed by atoms with van der Waals surface area (Å²) in [6.45, 7) is 1.53. The quantitative estimate of drug-likeness (QED) is 0.626. The van der Waals surface area contributed by atoms with Crippen LogP contribution in [0.25, 0.3) is 0 Å². The van der Waals surface area contributed by atoms with Gasteiger partial charge in [0, 0.05) is 10.7 Å². The van der Waals surface area contributed by atoms with E-state index < -0.39 is 5.54 Å². The van der Waals surface area contributed by atoms with Gasteiger partial charge in [0.25, 0.3) is 0 Å². The standard InChI is InChI=1S/C9H13ClN2O/c1-9(12,5-13)7-4-6(11)2-3-8(7)10/h2-4,13H,5,11-12H2,1H3/t9-/m0/s1. The minimum atomic E-state index is -0.841. The number of rotatable bonds is 2. The molecular formula is C9H13ClN2O. The van der Waals surface area contributed by atoms with Crippen LogP contribution >= 0.6 is 11.6 Å². The van der Waals surface area contributed by atoms with Gasteiger partial charge in [-0.3, -0.25) is 0 Å². The maximum absolute atomic E-state index is 9.04. The summed E-state index contributed by atoms with van der Waals surface area (Å²) in [5, 5.41) is 9.56. The van der Waals surface area contributed by atoms with Gasteiger partial charge in [-0.15, -0.1) is 0 Å². The number of benzene rings is 1. The van der Waals surface area contributed by atoms with Crippen LogP contribution in [0.1, 0.15) is 12.5 Å². The van der Waals surface area contributed by atoms with E-state index in [4.69, 9.17) is 28.2 Å². The molecule has 0 aliphatic rings. The molecule has 4 heteroatoms. The lowest BCUT2D eigenvalue weighted by molar-refractivity contribution is 0.210. The molecule has 0 saturated carbocycles. The average molecular weight is 201 g/mol. The highest BCUT2D eigenvalue weighted by atomic mass is 35.5. The van der Waals surface area contributed by atoms with Crippen LogP contribution in [0.2, 0.25) is 5.02 Å². The SMILES string of the molecule is C[C@](N)(CO)c1cc(N)ccc1Cl. The van der Waals surface area contributed by atoms with Gasteiger partial charge >= 0.3 is 0 Å². The van der Waals surface area contributed by atoms with Crippen molar-refractivity contribution in [2.75, 3.05) is 12.3 Å². The van der Waals surface area contributed by atoms with Crippen molar-refractivity contribution in [2.24, 2.45) is 5.73 Å². The fourth-order valence-electron chi connectivity index (χ4n) is 1.07. The Hall–Kier alpha value is -0.770.